The van der Waals surface area contributed by atoms with Crippen LogP contribution in [-0.4, -0.2) is 22.2 Å². The van der Waals surface area contributed by atoms with Gasteiger partial charge in [0.05, 0.1) is 0 Å². The van der Waals surface area contributed by atoms with Gasteiger partial charge in [-0.05, 0) is 0 Å². The molecule has 0 amide bonds. The molecule has 0 radical (unpaired) electrons. The Labute approximate surface area is 53.4 Å². The zero-order valence-corrected chi connectivity index (χ0v) is 5.30. The van der Waals surface area contributed by atoms with E-state index < -0.39 is 11.9 Å². The van der Waals surface area contributed by atoms with Crippen LogP contribution in [0.2, 0.25) is 0 Å². The Kier molecular flexibility index (Phi) is 5.33. The van der Waals surface area contributed by atoms with Crippen LogP contribution in [0.3, 0.4) is 0 Å². The van der Waals surface area contributed by atoms with Gasteiger partial charge < -0.3 is 10.2 Å². The first-order valence-corrected chi connectivity index (χ1v) is 1.11. The van der Waals surface area contributed by atoms with Crippen molar-refractivity contribution in [1.82, 2.24) is 0 Å². The standard InChI is InChI=1S/C2H2O4.Pt/c3-1(4)2(5)6;/h(H,3,4)(H,5,6);/q;+2. The fraction of sp³-hybridized carbons (Fsp3) is 0. The molecule has 7 heavy (non-hydrogen) atoms. The smallest absolute Gasteiger partial charge is 0.473 e. The van der Waals surface area contributed by atoms with Crippen molar-refractivity contribution in [3.8, 4) is 0 Å². The van der Waals surface area contributed by atoms with E-state index in [4.69, 9.17) is 19.8 Å². The molecule has 0 atom stereocenters. The minimum absolute atomic E-state index is 0. The van der Waals surface area contributed by atoms with Crippen LogP contribution in [0.15, 0.2) is 0 Å². The number of carboxylic acids is 2. The first-order chi connectivity index (χ1) is 2.64. The van der Waals surface area contributed by atoms with Crippen LogP contribution in [0.25, 0.3) is 0 Å². The van der Waals surface area contributed by atoms with Crippen LogP contribution in [0.1, 0.15) is 0 Å². The molecule has 42 valence electrons. The van der Waals surface area contributed by atoms with E-state index in [2.05, 4.69) is 0 Å². The molecule has 0 bridgehead atoms. The largest absolute Gasteiger partial charge is 2.00 e. The molecular formula is C2H2O4Pt+2. The SMILES string of the molecule is O=C(O)C(=O)O.[Pt+2]. The van der Waals surface area contributed by atoms with Gasteiger partial charge in [0.15, 0.2) is 0 Å². The molecule has 0 spiro atoms. The first-order valence-electron chi connectivity index (χ1n) is 1.11. The van der Waals surface area contributed by atoms with E-state index in [1.165, 1.54) is 0 Å². The maximum absolute atomic E-state index is 9.10. The van der Waals surface area contributed by atoms with E-state index in [-0.39, 0.29) is 21.1 Å². The van der Waals surface area contributed by atoms with Gasteiger partial charge in [0.2, 0.25) is 0 Å². The summed E-state index contributed by atoms with van der Waals surface area (Å²) in [6.07, 6.45) is 0. The predicted octanol–water partition coefficient (Wildman–Crippen LogP) is -0.847. The third-order valence-corrected chi connectivity index (χ3v) is 0.183. The average molecular weight is 285 g/mol. The number of hydrogen-bond acceptors (Lipinski definition) is 2. The molecule has 0 saturated heterocycles. The molecule has 0 aromatic heterocycles. The molecule has 0 aromatic carbocycles. The van der Waals surface area contributed by atoms with Crippen molar-refractivity contribution in [3.63, 3.8) is 0 Å². The summed E-state index contributed by atoms with van der Waals surface area (Å²) in [7, 11) is 0. The Morgan fingerprint density at radius 3 is 1.14 bits per heavy atom. The molecule has 0 heterocycles. The molecule has 0 aromatic rings. The Morgan fingerprint density at radius 2 is 1.14 bits per heavy atom. The van der Waals surface area contributed by atoms with Crippen LogP contribution in [0.4, 0.5) is 0 Å². The van der Waals surface area contributed by atoms with E-state index >= 15 is 0 Å². The second kappa shape index (κ2) is 3.81. The fourth-order valence-corrected chi connectivity index (χ4v) is 0. The van der Waals surface area contributed by atoms with Gasteiger partial charge in [-0.3, -0.25) is 0 Å². The number of rotatable bonds is 0. The molecule has 4 nitrogen and oxygen atoms in total. The first kappa shape index (κ1) is 9.80. The summed E-state index contributed by atoms with van der Waals surface area (Å²) in [6, 6.07) is 0. The summed E-state index contributed by atoms with van der Waals surface area (Å²) in [6.45, 7) is 0. The molecule has 0 rings (SSSR count). The van der Waals surface area contributed by atoms with Gasteiger partial charge in [-0.2, -0.15) is 0 Å². The maximum atomic E-state index is 9.10. The Bertz CT molecular complexity index is 75.7. The average Bonchev–Trinajstić information content (AvgIpc) is 1.36. The molecule has 5 heteroatoms. The third kappa shape index (κ3) is 5.63. The topological polar surface area (TPSA) is 74.6 Å². The summed E-state index contributed by atoms with van der Waals surface area (Å²) in [5, 5.41) is 14.8. The van der Waals surface area contributed by atoms with Crippen LogP contribution in [0.5, 0.6) is 0 Å². The van der Waals surface area contributed by atoms with Gasteiger partial charge in [-0.15, -0.1) is 0 Å². The third-order valence-electron chi connectivity index (χ3n) is 0.183. The quantitative estimate of drug-likeness (QED) is 0.569. The van der Waals surface area contributed by atoms with Crippen molar-refractivity contribution in [2.24, 2.45) is 0 Å². The Morgan fingerprint density at radius 1 is 1.00 bits per heavy atom. The van der Waals surface area contributed by atoms with E-state index in [0.29, 0.717) is 0 Å². The molecule has 0 aliphatic heterocycles. The minimum atomic E-state index is -1.82. The molecule has 2 N–H and O–H groups in total. The fourth-order valence-electron chi connectivity index (χ4n) is 0. The second-order valence-corrected chi connectivity index (χ2v) is 0.610. The zero-order chi connectivity index (χ0) is 5.15. The second-order valence-electron chi connectivity index (χ2n) is 0.610. The zero-order valence-electron chi connectivity index (χ0n) is 3.03. The van der Waals surface area contributed by atoms with E-state index in [1.807, 2.05) is 0 Å². The molecule has 0 unspecified atom stereocenters. The minimum Gasteiger partial charge on any atom is -0.473 e. The van der Waals surface area contributed by atoms with Gasteiger partial charge in [-0.1, -0.05) is 0 Å². The Hall–Kier alpha value is -0.372. The van der Waals surface area contributed by atoms with Crippen LogP contribution in [0, 0.1) is 0 Å². The van der Waals surface area contributed by atoms with Crippen molar-refractivity contribution >= 4 is 11.9 Å². The van der Waals surface area contributed by atoms with Crippen molar-refractivity contribution in [3.05, 3.63) is 0 Å². The van der Waals surface area contributed by atoms with Crippen LogP contribution in [-0.2, 0) is 30.7 Å². The molecule has 0 fully saturated rings. The molecule has 0 saturated carbocycles. The monoisotopic (exact) mass is 285 g/mol. The van der Waals surface area contributed by atoms with E-state index in [9.17, 15) is 0 Å². The van der Waals surface area contributed by atoms with Gasteiger partial charge in [0, 0.05) is 0 Å². The number of aliphatic carboxylic acids is 2. The van der Waals surface area contributed by atoms with Crippen LogP contribution >= 0.6 is 0 Å². The molecular weight excluding hydrogens is 283 g/mol. The van der Waals surface area contributed by atoms with Crippen LogP contribution < -0.4 is 0 Å². The van der Waals surface area contributed by atoms with Crippen molar-refractivity contribution in [1.29, 1.82) is 0 Å². The summed E-state index contributed by atoms with van der Waals surface area (Å²) in [5.41, 5.74) is 0. The summed E-state index contributed by atoms with van der Waals surface area (Å²) < 4.78 is 0. The van der Waals surface area contributed by atoms with Gasteiger partial charge in [0.25, 0.3) is 0 Å². The van der Waals surface area contributed by atoms with Gasteiger partial charge in [-0.25, -0.2) is 9.59 Å². The summed E-state index contributed by atoms with van der Waals surface area (Å²) in [5.74, 6) is -3.65. The predicted molar refractivity (Wildman–Crippen MR) is 15.3 cm³/mol. The Balaban J connectivity index is 0. The van der Waals surface area contributed by atoms with E-state index in [0.717, 1.165) is 0 Å². The summed E-state index contributed by atoms with van der Waals surface area (Å²) in [4.78, 5) is 18.2. The van der Waals surface area contributed by atoms with Crippen molar-refractivity contribution in [2.75, 3.05) is 0 Å². The number of carbonyl (C=O) groups is 2. The molecule has 0 aliphatic carbocycles. The molecule has 0 aliphatic rings. The van der Waals surface area contributed by atoms with Gasteiger partial charge >= 0.3 is 33.0 Å². The number of carboxylic acid groups (broad SMARTS) is 2. The van der Waals surface area contributed by atoms with Gasteiger partial charge in [0.1, 0.15) is 0 Å². The van der Waals surface area contributed by atoms with E-state index in [1.54, 1.807) is 0 Å². The maximum Gasteiger partial charge on any atom is 2.00 e. The summed E-state index contributed by atoms with van der Waals surface area (Å²) >= 11 is 0. The van der Waals surface area contributed by atoms with Crippen molar-refractivity contribution < 1.29 is 40.9 Å². The normalized spacial score (nSPS) is 6.29. The van der Waals surface area contributed by atoms with Crippen molar-refractivity contribution in [2.45, 2.75) is 0 Å². The number of hydrogen-bond donors (Lipinski definition) is 2.